The lowest BCUT2D eigenvalue weighted by molar-refractivity contribution is -0.133. The van der Waals surface area contributed by atoms with Crippen molar-refractivity contribution in [2.75, 3.05) is 19.7 Å². The number of nitrogens with two attached hydrogens (primary N) is 1. The Hall–Kier alpha value is -2.91. The maximum atomic E-state index is 13.6. The number of nitrogens with zero attached hydrogens (tertiary/aromatic N) is 1. The minimum atomic E-state index is -3.54. The number of carbonyl (C=O) groups excluding carboxylic acids is 1. The molecule has 1 atom stereocenters. The van der Waals surface area contributed by atoms with Gasteiger partial charge in [0.05, 0.1) is 17.5 Å². The van der Waals surface area contributed by atoms with Crippen LogP contribution in [0, 0.1) is 0 Å². The maximum Gasteiger partial charge on any atom is 0.240 e. The van der Waals surface area contributed by atoms with Crippen LogP contribution >= 0.6 is 11.6 Å². The molecule has 0 fully saturated rings. The molecule has 0 heterocycles. The van der Waals surface area contributed by atoms with E-state index in [1.807, 2.05) is 56.3 Å². The molecule has 3 aromatic rings. The molecule has 0 unspecified atom stereocenters. The van der Waals surface area contributed by atoms with Crippen LogP contribution < -0.4 is 15.2 Å². The van der Waals surface area contributed by atoms with Crippen molar-refractivity contribution in [2.45, 2.75) is 57.0 Å². The van der Waals surface area contributed by atoms with Crippen molar-refractivity contribution in [1.29, 1.82) is 0 Å². The number of sulfonamides is 1. The van der Waals surface area contributed by atoms with E-state index in [4.69, 9.17) is 22.1 Å². The molecule has 9 heteroatoms. The van der Waals surface area contributed by atoms with E-state index in [0.29, 0.717) is 49.7 Å². The second-order valence-corrected chi connectivity index (χ2v) is 11.7. The highest BCUT2D eigenvalue weighted by Crippen LogP contribution is 2.25. The van der Waals surface area contributed by atoms with Crippen LogP contribution in [0.2, 0.25) is 5.02 Å². The molecule has 0 saturated heterocycles. The summed E-state index contributed by atoms with van der Waals surface area (Å²) in [5.41, 5.74) is 9.11. The zero-order chi connectivity index (χ0) is 28.3. The van der Waals surface area contributed by atoms with E-state index in [0.717, 1.165) is 23.1 Å². The summed E-state index contributed by atoms with van der Waals surface area (Å²) in [4.78, 5) is 15.6. The van der Waals surface area contributed by atoms with Gasteiger partial charge in [-0.1, -0.05) is 67.9 Å². The normalized spacial score (nSPS) is 12.2. The molecule has 0 aliphatic carbocycles. The number of halogens is 1. The Kier molecular flexibility index (Phi) is 11.8. The van der Waals surface area contributed by atoms with E-state index < -0.39 is 16.1 Å². The number of hydrogen-bond acceptors (Lipinski definition) is 5. The van der Waals surface area contributed by atoms with Crippen molar-refractivity contribution < 1.29 is 17.9 Å². The van der Waals surface area contributed by atoms with E-state index in [2.05, 4.69) is 4.72 Å². The van der Waals surface area contributed by atoms with Gasteiger partial charge >= 0.3 is 0 Å². The van der Waals surface area contributed by atoms with Crippen molar-refractivity contribution in [2.24, 2.45) is 5.73 Å². The van der Waals surface area contributed by atoms with Crippen molar-refractivity contribution in [3.63, 3.8) is 0 Å². The fourth-order valence-electron chi connectivity index (χ4n) is 4.11. The van der Waals surface area contributed by atoms with Crippen LogP contribution in [0.5, 0.6) is 5.75 Å². The number of rotatable bonds is 15. The number of nitrogens with one attached hydrogen (secondary N) is 1. The predicted molar refractivity (Wildman–Crippen MR) is 156 cm³/mol. The van der Waals surface area contributed by atoms with Crippen LogP contribution in [0.4, 0.5) is 0 Å². The summed E-state index contributed by atoms with van der Waals surface area (Å²) in [7, 11) is -3.54. The van der Waals surface area contributed by atoms with Gasteiger partial charge in [0.25, 0.3) is 0 Å². The molecule has 0 aliphatic heterocycles. The summed E-state index contributed by atoms with van der Waals surface area (Å²) in [6.07, 6.45) is 2.51. The van der Waals surface area contributed by atoms with Gasteiger partial charge in [-0.2, -0.15) is 0 Å². The number of benzene rings is 3. The highest BCUT2D eigenvalue weighted by Gasteiger charge is 2.23. The Morgan fingerprint density at radius 3 is 2.38 bits per heavy atom. The maximum absolute atomic E-state index is 13.6. The molecule has 0 aromatic heterocycles. The smallest absolute Gasteiger partial charge is 0.240 e. The van der Waals surface area contributed by atoms with Gasteiger partial charge in [0, 0.05) is 30.2 Å². The summed E-state index contributed by atoms with van der Waals surface area (Å²) < 4.78 is 33.3. The first kappa shape index (κ1) is 30.6. The molecule has 3 rings (SSSR count). The van der Waals surface area contributed by atoms with Crippen molar-refractivity contribution in [3.05, 3.63) is 94.5 Å². The average Bonchev–Trinajstić information content (AvgIpc) is 2.94. The van der Waals surface area contributed by atoms with Crippen LogP contribution in [0.3, 0.4) is 0 Å². The van der Waals surface area contributed by atoms with Crippen LogP contribution in [-0.4, -0.2) is 45.0 Å². The molecule has 3 N–H and O–H groups in total. The van der Waals surface area contributed by atoms with Gasteiger partial charge in [-0.3, -0.25) is 4.79 Å². The molecule has 0 spiro atoms. The number of ether oxygens (including phenoxy) is 1. The van der Waals surface area contributed by atoms with E-state index in [9.17, 15) is 13.2 Å². The van der Waals surface area contributed by atoms with Crippen molar-refractivity contribution in [1.82, 2.24) is 9.62 Å². The van der Waals surface area contributed by atoms with Gasteiger partial charge in [-0.15, -0.1) is 0 Å². The third kappa shape index (κ3) is 9.35. The minimum absolute atomic E-state index is 0.178. The van der Waals surface area contributed by atoms with Crippen molar-refractivity contribution >= 4 is 27.5 Å². The zero-order valence-electron chi connectivity index (χ0n) is 22.6. The topological polar surface area (TPSA) is 102 Å². The Morgan fingerprint density at radius 1 is 1.00 bits per heavy atom. The monoisotopic (exact) mass is 571 g/mol. The molecule has 3 aromatic carbocycles. The molecule has 0 radical (unpaired) electrons. The number of amides is 1. The fraction of sp³-hybridized carbons (Fsp3) is 0.367. The average molecular weight is 572 g/mol. The van der Waals surface area contributed by atoms with E-state index in [1.54, 1.807) is 35.2 Å². The molecule has 39 heavy (non-hydrogen) atoms. The van der Waals surface area contributed by atoms with Crippen LogP contribution in [-0.2, 0) is 34.2 Å². The van der Waals surface area contributed by atoms with Crippen LogP contribution in [0.15, 0.2) is 77.7 Å². The third-order valence-corrected chi connectivity index (χ3v) is 7.93. The summed E-state index contributed by atoms with van der Waals surface area (Å²) in [6, 6.07) is 21.1. The van der Waals surface area contributed by atoms with E-state index >= 15 is 0 Å². The second kappa shape index (κ2) is 15.0. The molecule has 0 saturated carbocycles. The van der Waals surface area contributed by atoms with Crippen LogP contribution in [0.25, 0.3) is 0 Å². The Balaban J connectivity index is 1.80. The first-order valence-electron chi connectivity index (χ1n) is 13.3. The van der Waals surface area contributed by atoms with Crippen molar-refractivity contribution in [3.8, 4) is 5.75 Å². The van der Waals surface area contributed by atoms with Gasteiger partial charge in [0.1, 0.15) is 5.75 Å². The van der Waals surface area contributed by atoms with Gasteiger partial charge in [-0.05, 0) is 67.1 Å². The lowest BCUT2D eigenvalue weighted by atomic mass is 10.0. The molecular weight excluding hydrogens is 534 g/mol. The SMILES string of the molecule is CCCNS(=O)(=O)c1ccc(CCN(Cc2cc(Cl)ccc2OCCC)C(=O)[C@H](N)Cc2ccccc2)cc1. The third-order valence-electron chi connectivity index (χ3n) is 6.22. The number of hydrogen-bond donors (Lipinski definition) is 2. The first-order chi connectivity index (χ1) is 18.7. The van der Waals surface area contributed by atoms with E-state index in [-0.39, 0.29) is 17.3 Å². The summed E-state index contributed by atoms with van der Waals surface area (Å²) in [6.45, 7) is 5.56. The first-order valence-corrected chi connectivity index (χ1v) is 15.2. The van der Waals surface area contributed by atoms with Gasteiger partial charge in [0.2, 0.25) is 15.9 Å². The molecule has 0 bridgehead atoms. The fourth-order valence-corrected chi connectivity index (χ4v) is 5.43. The lowest BCUT2D eigenvalue weighted by Gasteiger charge is -2.27. The molecule has 210 valence electrons. The quantitative estimate of drug-likeness (QED) is 0.268. The lowest BCUT2D eigenvalue weighted by Crippen LogP contribution is -2.45. The predicted octanol–water partition coefficient (Wildman–Crippen LogP) is 4.96. The number of carbonyl (C=O) groups is 1. The van der Waals surface area contributed by atoms with Gasteiger partial charge in [0.15, 0.2) is 0 Å². The molecule has 0 aliphatic rings. The summed E-state index contributed by atoms with van der Waals surface area (Å²) >= 11 is 6.30. The highest BCUT2D eigenvalue weighted by atomic mass is 35.5. The zero-order valence-corrected chi connectivity index (χ0v) is 24.2. The molecular formula is C30H38ClN3O4S. The molecule has 1 amide bonds. The minimum Gasteiger partial charge on any atom is -0.493 e. The second-order valence-electron chi connectivity index (χ2n) is 9.45. The summed E-state index contributed by atoms with van der Waals surface area (Å²) in [5, 5.41) is 0.559. The largest absolute Gasteiger partial charge is 0.493 e. The Bertz CT molecular complexity index is 1300. The van der Waals surface area contributed by atoms with Gasteiger partial charge < -0.3 is 15.4 Å². The highest BCUT2D eigenvalue weighted by molar-refractivity contribution is 7.89. The Labute approximate surface area is 237 Å². The molecule has 7 nitrogen and oxygen atoms in total. The van der Waals surface area contributed by atoms with Crippen LogP contribution in [0.1, 0.15) is 43.4 Å². The summed E-state index contributed by atoms with van der Waals surface area (Å²) in [5.74, 6) is 0.507. The van der Waals surface area contributed by atoms with Gasteiger partial charge in [-0.25, -0.2) is 13.1 Å². The Morgan fingerprint density at radius 2 is 1.72 bits per heavy atom. The standard InChI is InChI=1S/C30H38ClN3O4S/c1-3-17-33-39(36,37)27-13-10-23(11-14-27)16-18-34(30(35)28(32)20-24-8-6-5-7-9-24)22-25-21-26(31)12-15-29(25)38-19-4-2/h5-15,21,28,33H,3-4,16-20,22,32H2,1-2H3/t28-/m1/s1. The van der Waals surface area contributed by atoms with E-state index in [1.165, 1.54) is 0 Å².